The molecule has 162 valence electrons. The zero-order valence-electron chi connectivity index (χ0n) is 18.1. The second kappa shape index (κ2) is 9.25. The van der Waals surface area contributed by atoms with E-state index < -0.39 is 0 Å². The molecule has 0 aliphatic carbocycles. The molecule has 0 atom stereocenters. The Hall–Kier alpha value is -3.28. The fourth-order valence-electron chi connectivity index (χ4n) is 4.27. The molecule has 0 saturated carbocycles. The van der Waals surface area contributed by atoms with Crippen molar-refractivity contribution in [2.75, 3.05) is 19.7 Å². The van der Waals surface area contributed by atoms with E-state index in [0.29, 0.717) is 31.7 Å². The van der Waals surface area contributed by atoms with Gasteiger partial charge in [0.1, 0.15) is 5.75 Å². The molecule has 1 fully saturated rings. The molecular weight excluding hydrogens is 390 g/mol. The number of piperidine rings is 1. The maximum atomic E-state index is 12.8. The number of aromatic nitrogens is 1. The van der Waals surface area contributed by atoms with Gasteiger partial charge in [0.15, 0.2) is 0 Å². The number of fused-ring (bicyclic) bond motifs is 1. The van der Waals surface area contributed by atoms with Crippen LogP contribution in [0.15, 0.2) is 48.5 Å². The van der Waals surface area contributed by atoms with Gasteiger partial charge in [-0.15, -0.1) is 0 Å². The molecule has 1 saturated heterocycles. The molecule has 1 aliphatic heterocycles. The van der Waals surface area contributed by atoms with Crippen LogP contribution in [0.4, 0.5) is 0 Å². The van der Waals surface area contributed by atoms with E-state index in [2.05, 4.69) is 10.3 Å². The summed E-state index contributed by atoms with van der Waals surface area (Å²) in [6, 6.07) is 15.4. The summed E-state index contributed by atoms with van der Waals surface area (Å²) < 4.78 is 5.44. The van der Waals surface area contributed by atoms with Gasteiger partial charge >= 0.3 is 0 Å². The van der Waals surface area contributed by atoms with Crippen molar-refractivity contribution in [3.05, 3.63) is 65.4 Å². The van der Waals surface area contributed by atoms with Crippen molar-refractivity contribution in [3.63, 3.8) is 0 Å². The third-order valence-electron chi connectivity index (χ3n) is 5.92. The van der Waals surface area contributed by atoms with Gasteiger partial charge in [-0.1, -0.05) is 18.2 Å². The first-order valence-corrected chi connectivity index (χ1v) is 10.9. The van der Waals surface area contributed by atoms with E-state index >= 15 is 0 Å². The normalized spacial score (nSPS) is 14.6. The van der Waals surface area contributed by atoms with E-state index in [1.807, 2.05) is 67.3 Å². The molecule has 0 radical (unpaired) electrons. The number of nitrogens with zero attached hydrogens (tertiary/aromatic N) is 1. The van der Waals surface area contributed by atoms with Gasteiger partial charge in [0.25, 0.3) is 5.91 Å². The van der Waals surface area contributed by atoms with Crippen LogP contribution >= 0.6 is 0 Å². The minimum absolute atomic E-state index is 0.0299. The molecule has 1 aliphatic rings. The van der Waals surface area contributed by atoms with Crippen molar-refractivity contribution < 1.29 is 14.3 Å². The number of carbonyl (C=O) groups is 2. The lowest BCUT2D eigenvalue weighted by atomic mass is 10.0. The van der Waals surface area contributed by atoms with E-state index in [1.54, 1.807) is 0 Å². The van der Waals surface area contributed by atoms with Crippen LogP contribution in [-0.2, 0) is 11.2 Å². The fraction of sp³-hybridized carbons (Fsp3) is 0.360. The van der Waals surface area contributed by atoms with Crippen LogP contribution in [-0.4, -0.2) is 47.4 Å². The van der Waals surface area contributed by atoms with Crippen LogP contribution in [0.25, 0.3) is 10.9 Å². The molecule has 6 heteroatoms. The van der Waals surface area contributed by atoms with Crippen LogP contribution in [0, 0.1) is 6.92 Å². The Morgan fingerprint density at radius 1 is 1.10 bits per heavy atom. The monoisotopic (exact) mass is 419 g/mol. The van der Waals surface area contributed by atoms with E-state index in [-0.39, 0.29) is 17.9 Å². The number of nitrogens with one attached hydrogen (secondary N) is 2. The van der Waals surface area contributed by atoms with Crippen molar-refractivity contribution in [3.8, 4) is 5.75 Å². The van der Waals surface area contributed by atoms with Crippen LogP contribution < -0.4 is 10.1 Å². The van der Waals surface area contributed by atoms with Crippen molar-refractivity contribution in [2.24, 2.45) is 0 Å². The highest BCUT2D eigenvalue weighted by Crippen LogP contribution is 2.23. The Labute approximate surface area is 182 Å². The standard InChI is InChI=1S/C25H29N3O3/c1-3-31-20-10-8-18(9-11-20)25(30)28-14-12-19(13-15-28)27-24(29)16-22-17(2)26-23-7-5-4-6-21(22)23/h4-11,19,26H,3,12-16H2,1-2H3,(H,27,29). The average molecular weight is 420 g/mol. The highest BCUT2D eigenvalue weighted by molar-refractivity contribution is 5.94. The third-order valence-corrected chi connectivity index (χ3v) is 5.92. The molecule has 2 amide bonds. The maximum Gasteiger partial charge on any atom is 0.253 e. The van der Waals surface area contributed by atoms with Gasteiger partial charge in [-0.2, -0.15) is 0 Å². The quantitative estimate of drug-likeness (QED) is 0.638. The number of carbonyl (C=O) groups excluding carboxylic acids is 2. The molecular formula is C25H29N3O3. The van der Waals surface area contributed by atoms with Crippen molar-refractivity contribution in [1.29, 1.82) is 0 Å². The molecule has 0 unspecified atom stereocenters. The summed E-state index contributed by atoms with van der Waals surface area (Å²) in [6.07, 6.45) is 1.89. The number of amides is 2. The first kappa shape index (κ1) is 21.0. The van der Waals surface area contributed by atoms with Crippen molar-refractivity contribution >= 4 is 22.7 Å². The topological polar surface area (TPSA) is 74.4 Å². The number of ether oxygens (including phenoxy) is 1. The molecule has 0 spiro atoms. The van der Waals surface area contributed by atoms with E-state index in [9.17, 15) is 9.59 Å². The molecule has 0 bridgehead atoms. The first-order chi connectivity index (χ1) is 15.0. The Morgan fingerprint density at radius 3 is 2.52 bits per heavy atom. The van der Waals surface area contributed by atoms with Crippen molar-refractivity contribution in [2.45, 2.75) is 39.2 Å². The predicted molar refractivity (Wildman–Crippen MR) is 121 cm³/mol. The number of rotatable bonds is 6. The number of para-hydroxylation sites is 1. The molecule has 31 heavy (non-hydrogen) atoms. The molecule has 6 nitrogen and oxygen atoms in total. The zero-order chi connectivity index (χ0) is 21.8. The summed E-state index contributed by atoms with van der Waals surface area (Å²) >= 11 is 0. The fourth-order valence-corrected chi connectivity index (χ4v) is 4.27. The Morgan fingerprint density at radius 2 is 1.81 bits per heavy atom. The van der Waals surface area contributed by atoms with Gasteiger partial charge in [-0.3, -0.25) is 9.59 Å². The second-order valence-electron chi connectivity index (χ2n) is 8.04. The SMILES string of the molecule is CCOc1ccc(C(=O)N2CCC(NC(=O)Cc3c(C)[nH]c4ccccc34)CC2)cc1. The highest BCUT2D eigenvalue weighted by atomic mass is 16.5. The van der Waals surface area contributed by atoms with Gasteiger partial charge in [0, 0.05) is 41.3 Å². The lowest BCUT2D eigenvalue weighted by molar-refractivity contribution is -0.121. The summed E-state index contributed by atoms with van der Waals surface area (Å²) in [7, 11) is 0. The first-order valence-electron chi connectivity index (χ1n) is 10.9. The highest BCUT2D eigenvalue weighted by Gasteiger charge is 2.25. The number of aromatic amines is 1. The Balaban J connectivity index is 1.30. The van der Waals surface area contributed by atoms with Crippen LogP contribution in [0.5, 0.6) is 5.75 Å². The second-order valence-corrected chi connectivity index (χ2v) is 8.04. The maximum absolute atomic E-state index is 12.8. The molecule has 2 aromatic carbocycles. The van der Waals surface area contributed by atoms with Gasteiger partial charge in [0.05, 0.1) is 13.0 Å². The largest absolute Gasteiger partial charge is 0.494 e. The summed E-state index contributed by atoms with van der Waals surface area (Å²) in [5.41, 5.74) is 3.81. The van der Waals surface area contributed by atoms with E-state index in [0.717, 1.165) is 40.8 Å². The number of H-pyrrole nitrogens is 1. The Kier molecular flexibility index (Phi) is 6.26. The number of benzene rings is 2. The van der Waals surface area contributed by atoms with Gasteiger partial charge in [-0.25, -0.2) is 0 Å². The van der Waals surface area contributed by atoms with Crippen molar-refractivity contribution in [1.82, 2.24) is 15.2 Å². The number of hydrogen-bond donors (Lipinski definition) is 2. The van der Waals surface area contributed by atoms with Crippen LogP contribution in [0.3, 0.4) is 0 Å². The molecule has 4 rings (SSSR count). The predicted octanol–water partition coefficient (Wildman–Crippen LogP) is 3.84. The number of aryl methyl sites for hydroxylation is 1. The Bertz CT molecular complexity index is 1060. The summed E-state index contributed by atoms with van der Waals surface area (Å²) in [5, 5.41) is 4.27. The average Bonchev–Trinajstić information content (AvgIpc) is 3.09. The molecule has 1 aromatic heterocycles. The summed E-state index contributed by atoms with van der Waals surface area (Å²) in [5.74, 6) is 0.831. The smallest absolute Gasteiger partial charge is 0.253 e. The number of likely N-dealkylation sites (tertiary alicyclic amines) is 1. The van der Waals surface area contributed by atoms with Crippen LogP contribution in [0.1, 0.15) is 41.4 Å². The minimum atomic E-state index is 0.0299. The summed E-state index contributed by atoms with van der Waals surface area (Å²) in [4.78, 5) is 30.7. The minimum Gasteiger partial charge on any atom is -0.494 e. The van der Waals surface area contributed by atoms with Crippen LogP contribution in [0.2, 0.25) is 0 Å². The molecule has 2 N–H and O–H groups in total. The number of hydrogen-bond acceptors (Lipinski definition) is 3. The van der Waals surface area contributed by atoms with Gasteiger partial charge in [0.2, 0.25) is 5.91 Å². The van der Waals surface area contributed by atoms with E-state index in [1.165, 1.54) is 0 Å². The summed E-state index contributed by atoms with van der Waals surface area (Å²) in [6.45, 7) is 5.83. The van der Waals surface area contributed by atoms with Gasteiger partial charge < -0.3 is 19.9 Å². The molecule has 3 aromatic rings. The van der Waals surface area contributed by atoms with Gasteiger partial charge in [-0.05, 0) is 62.6 Å². The lowest BCUT2D eigenvalue weighted by Crippen LogP contribution is -2.46. The molecule has 2 heterocycles. The van der Waals surface area contributed by atoms with E-state index in [4.69, 9.17) is 4.74 Å². The third kappa shape index (κ3) is 4.74. The lowest BCUT2D eigenvalue weighted by Gasteiger charge is -2.32. The zero-order valence-corrected chi connectivity index (χ0v) is 18.1.